The Labute approximate surface area is 125 Å². The number of benzene rings is 1. The fourth-order valence-electron chi connectivity index (χ4n) is 2.76. The van der Waals surface area contributed by atoms with Crippen LogP contribution in [0.15, 0.2) is 18.2 Å². The maximum atomic E-state index is 13.6. The van der Waals surface area contributed by atoms with Crippen LogP contribution in [-0.2, 0) is 6.54 Å². The first-order valence-corrected chi connectivity index (χ1v) is 7.54. The Morgan fingerprint density at radius 1 is 1.38 bits per heavy atom. The molecule has 5 heteroatoms. The molecule has 1 aromatic carbocycles. The van der Waals surface area contributed by atoms with E-state index in [0.717, 1.165) is 25.2 Å². The van der Waals surface area contributed by atoms with Crippen molar-refractivity contribution < 1.29 is 14.3 Å². The second kappa shape index (κ2) is 7.52. The normalized spacial score (nSPS) is 17.6. The molecule has 0 amide bonds. The van der Waals surface area contributed by atoms with E-state index in [9.17, 15) is 9.18 Å². The number of nitrogens with one attached hydrogen (secondary N) is 1. The van der Waals surface area contributed by atoms with Crippen molar-refractivity contribution in [3.8, 4) is 0 Å². The van der Waals surface area contributed by atoms with Gasteiger partial charge < -0.3 is 10.4 Å². The van der Waals surface area contributed by atoms with Gasteiger partial charge in [-0.05, 0) is 50.6 Å². The molecule has 2 N–H and O–H groups in total. The van der Waals surface area contributed by atoms with Crippen LogP contribution in [0.5, 0.6) is 0 Å². The molecule has 1 fully saturated rings. The minimum Gasteiger partial charge on any atom is -0.478 e. The highest BCUT2D eigenvalue weighted by Crippen LogP contribution is 2.12. The van der Waals surface area contributed by atoms with E-state index in [1.807, 2.05) is 0 Å². The Morgan fingerprint density at radius 2 is 2.10 bits per heavy atom. The summed E-state index contributed by atoms with van der Waals surface area (Å²) in [5.74, 6) is -1.91. The highest BCUT2D eigenvalue weighted by molar-refractivity contribution is 5.87. The highest BCUT2D eigenvalue weighted by Gasteiger charge is 2.16. The van der Waals surface area contributed by atoms with Gasteiger partial charge >= 0.3 is 5.97 Å². The zero-order valence-corrected chi connectivity index (χ0v) is 12.4. The second-order valence-corrected chi connectivity index (χ2v) is 5.70. The number of carboxylic acids is 1. The Hall–Kier alpha value is -1.46. The predicted molar refractivity (Wildman–Crippen MR) is 80.0 cm³/mol. The molecule has 21 heavy (non-hydrogen) atoms. The average molecular weight is 294 g/mol. The molecule has 1 aliphatic rings. The van der Waals surface area contributed by atoms with Crippen LogP contribution >= 0.6 is 0 Å². The van der Waals surface area contributed by atoms with Crippen LogP contribution in [0.4, 0.5) is 4.39 Å². The molecule has 2 rings (SSSR count). The van der Waals surface area contributed by atoms with Crippen molar-refractivity contribution in [2.45, 2.75) is 38.8 Å². The van der Waals surface area contributed by atoms with E-state index in [4.69, 9.17) is 5.11 Å². The summed E-state index contributed by atoms with van der Waals surface area (Å²) >= 11 is 0. The summed E-state index contributed by atoms with van der Waals surface area (Å²) in [5, 5.41) is 12.1. The molecule has 0 saturated carbocycles. The number of likely N-dealkylation sites (tertiary alicyclic amines) is 1. The van der Waals surface area contributed by atoms with E-state index in [2.05, 4.69) is 17.1 Å². The molecule has 1 aliphatic heterocycles. The minimum atomic E-state index is -1.23. The van der Waals surface area contributed by atoms with Gasteiger partial charge in [0.15, 0.2) is 0 Å². The van der Waals surface area contributed by atoms with Gasteiger partial charge in [0.25, 0.3) is 0 Å². The molecule has 1 unspecified atom stereocenters. The van der Waals surface area contributed by atoms with Crippen molar-refractivity contribution >= 4 is 5.97 Å². The molecule has 1 aromatic rings. The van der Waals surface area contributed by atoms with Gasteiger partial charge in [-0.15, -0.1) is 0 Å². The van der Waals surface area contributed by atoms with Gasteiger partial charge in [0, 0.05) is 19.1 Å². The van der Waals surface area contributed by atoms with Gasteiger partial charge in [0.2, 0.25) is 0 Å². The minimum absolute atomic E-state index is 0.277. The number of aromatic carboxylic acids is 1. The summed E-state index contributed by atoms with van der Waals surface area (Å²) in [5.41, 5.74) is 0.490. The summed E-state index contributed by atoms with van der Waals surface area (Å²) in [6.07, 6.45) is 3.87. The van der Waals surface area contributed by atoms with E-state index in [1.54, 1.807) is 6.07 Å². The van der Waals surface area contributed by atoms with Crippen molar-refractivity contribution in [1.82, 2.24) is 10.2 Å². The maximum Gasteiger partial charge on any atom is 0.338 e. The van der Waals surface area contributed by atoms with Crippen molar-refractivity contribution in [3.63, 3.8) is 0 Å². The molecule has 0 spiro atoms. The van der Waals surface area contributed by atoms with E-state index in [0.29, 0.717) is 12.6 Å². The van der Waals surface area contributed by atoms with Crippen LogP contribution < -0.4 is 5.32 Å². The lowest BCUT2D eigenvalue weighted by Gasteiger charge is -2.32. The lowest BCUT2D eigenvalue weighted by atomic mass is 10.1. The van der Waals surface area contributed by atoms with Gasteiger partial charge in [-0.25, -0.2) is 9.18 Å². The first-order chi connectivity index (χ1) is 10.1. The standard InChI is InChI=1S/C16H23FN2O2/c1-12(19-7-3-2-4-8-19)10-18-11-13-5-6-14(16(20)21)15(17)9-13/h5-6,9,12,18H,2-4,7-8,10-11H2,1H3,(H,20,21). The molecular weight excluding hydrogens is 271 g/mol. The molecule has 0 radical (unpaired) electrons. The number of nitrogens with zero attached hydrogens (tertiary/aromatic N) is 1. The van der Waals surface area contributed by atoms with Crippen LogP contribution in [0.1, 0.15) is 42.1 Å². The second-order valence-electron chi connectivity index (χ2n) is 5.70. The fourth-order valence-corrected chi connectivity index (χ4v) is 2.76. The molecule has 0 aromatic heterocycles. The summed E-state index contributed by atoms with van der Waals surface area (Å²) in [4.78, 5) is 13.2. The number of carbonyl (C=O) groups is 1. The highest BCUT2D eigenvalue weighted by atomic mass is 19.1. The van der Waals surface area contributed by atoms with Gasteiger partial charge in [-0.3, -0.25) is 4.90 Å². The van der Waals surface area contributed by atoms with Crippen LogP contribution in [0.2, 0.25) is 0 Å². The molecular formula is C16H23FN2O2. The van der Waals surface area contributed by atoms with Crippen molar-refractivity contribution in [2.24, 2.45) is 0 Å². The average Bonchev–Trinajstić information content (AvgIpc) is 2.47. The smallest absolute Gasteiger partial charge is 0.338 e. The largest absolute Gasteiger partial charge is 0.478 e. The van der Waals surface area contributed by atoms with Gasteiger partial charge in [-0.2, -0.15) is 0 Å². The molecule has 0 aliphatic carbocycles. The van der Waals surface area contributed by atoms with Gasteiger partial charge in [0.1, 0.15) is 5.82 Å². The Kier molecular flexibility index (Phi) is 5.70. The van der Waals surface area contributed by atoms with Crippen LogP contribution in [-0.4, -0.2) is 41.7 Å². The Morgan fingerprint density at radius 3 is 2.71 bits per heavy atom. The van der Waals surface area contributed by atoms with E-state index in [1.165, 1.54) is 31.4 Å². The van der Waals surface area contributed by atoms with E-state index < -0.39 is 11.8 Å². The van der Waals surface area contributed by atoms with Gasteiger partial charge in [-0.1, -0.05) is 12.5 Å². The molecule has 1 saturated heterocycles. The zero-order chi connectivity index (χ0) is 15.2. The topological polar surface area (TPSA) is 52.6 Å². The molecule has 1 atom stereocenters. The van der Waals surface area contributed by atoms with E-state index in [-0.39, 0.29) is 5.56 Å². The molecule has 116 valence electrons. The number of piperidine rings is 1. The summed E-state index contributed by atoms with van der Waals surface area (Å²) in [6, 6.07) is 4.74. The first kappa shape index (κ1) is 15.9. The molecule has 4 nitrogen and oxygen atoms in total. The summed E-state index contributed by atoms with van der Waals surface area (Å²) in [6.45, 7) is 5.92. The third-order valence-corrected chi connectivity index (χ3v) is 4.05. The number of carboxylic acid groups (broad SMARTS) is 1. The lowest BCUT2D eigenvalue weighted by molar-refractivity contribution is 0.0692. The quantitative estimate of drug-likeness (QED) is 0.846. The summed E-state index contributed by atoms with van der Waals surface area (Å²) < 4.78 is 13.6. The fraction of sp³-hybridized carbons (Fsp3) is 0.562. The monoisotopic (exact) mass is 294 g/mol. The third kappa shape index (κ3) is 4.51. The lowest BCUT2D eigenvalue weighted by Crippen LogP contribution is -2.42. The SMILES string of the molecule is CC(CNCc1ccc(C(=O)O)c(F)c1)N1CCCCC1. The summed E-state index contributed by atoms with van der Waals surface area (Å²) in [7, 11) is 0. The zero-order valence-electron chi connectivity index (χ0n) is 12.4. The molecule has 1 heterocycles. The van der Waals surface area contributed by atoms with Crippen molar-refractivity contribution in [1.29, 1.82) is 0 Å². The Bertz CT molecular complexity index is 487. The predicted octanol–water partition coefficient (Wildman–Crippen LogP) is 2.49. The third-order valence-electron chi connectivity index (χ3n) is 4.05. The number of rotatable bonds is 6. The maximum absolute atomic E-state index is 13.6. The molecule has 0 bridgehead atoms. The van der Waals surface area contributed by atoms with Crippen molar-refractivity contribution in [3.05, 3.63) is 35.1 Å². The van der Waals surface area contributed by atoms with Crippen LogP contribution in [0.25, 0.3) is 0 Å². The van der Waals surface area contributed by atoms with Gasteiger partial charge in [0.05, 0.1) is 5.56 Å². The Balaban J connectivity index is 1.80. The van der Waals surface area contributed by atoms with Crippen LogP contribution in [0.3, 0.4) is 0 Å². The first-order valence-electron chi connectivity index (χ1n) is 7.54. The number of hydrogen-bond donors (Lipinski definition) is 2. The van der Waals surface area contributed by atoms with E-state index >= 15 is 0 Å². The van der Waals surface area contributed by atoms with Crippen LogP contribution in [0, 0.1) is 5.82 Å². The van der Waals surface area contributed by atoms with Crippen molar-refractivity contribution in [2.75, 3.05) is 19.6 Å². The number of hydrogen-bond acceptors (Lipinski definition) is 3. The number of halogens is 1.